The van der Waals surface area contributed by atoms with Gasteiger partial charge in [0.2, 0.25) is 11.8 Å². The van der Waals surface area contributed by atoms with Gasteiger partial charge in [-0.1, -0.05) is 18.6 Å². The summed E-state index contributed by atoms with van der Waals surface area (Å²) in [5, 5.41) is 8.84. The van der Waals surface area contributed by atoms with Crippen molar-refractivity contribution in [2.24, 2.45) is 11.8 Å². The summed E-state index contributed by atoms with van der Waals surface area (Å²) in [4.78, 5) is 36.5. The fraction of sp³-hybridized carbons (Fsp3) is 0.438. The third kappa shape index (κ3) is 2.44. The van der Waals surface area contributed by atoms with E-state index in [9.17, 15) is 14.4 Å². The summed E-state index contributed by atoms with van der Waals surface area (Å²) in [5.74, 6) is -1.19. The predicted molar refractivity (Wildman–Crippen MR) is 74.7 cm³/mol. The summed E-state index contributed by atoms with van der Waals surface area (Å²) in [5.41, 5.74) is 1.17. The van der Waals surface area contributed by atoms with Gasteiger partial charge in [-0.2, -0.15) is 0 Å². The number of carboxylic acids is 1. The molecule has 5 nitrogen and oxygen atoms in total. The topological polar surface area (TPSA) is 74.7 Å². The van der Waals surface area contributed by atoms with Crippen molar-refractivity contribution in [2.45, 2.75) is 25.7 Å². The zero-order valence-corrected chi connectivity index (χ0v) is 11.6. The van der Waals surface area contributed by atoms with Crippen LogP contribution in [0.2, 0.25) is 0 Å². The fourth-order valence-electron chi connectivity index (χ4n) is 3.34. The average molecular weight is 287 g/mol. The molecule has 2 amide bonds. The first-order chi connectivity index (χ1) is 10.1. The second kappa shape index (κ2) is 5.31. The number of fused-ring (bicyclic) bond motifs is 1. The minimum Gasteiger partial charge on any atom is -0.478 e. The lowest BCUT2D eigenvalue weighted by Gasteiger charge is -2.15. The molecule has 0 aromatic heterocycles. The number of carbonyl (C=O) groups excluding carboxylic acids is 2. The van der Waals surface area contributed by atoms with Crippen LogP contribution < -0.4 is 0 Å². The number of hydrogen-bond acceptors (Lipinski definition) is 3. The molecule has 1 N–H and O–H groups in total. The van der Waals surface area contributed by atoms with E-state index in [1.54, 1.807) is 24.3 Å². The maximum absolute atomic E-state index is 12.2. The molecule has 1 saturated carbocycles. The van der Waals surface area contributed by atoms with Crippen LogP contribution >= 0.6 is 0 Å². The highest BCUT2D eigenvalue weighted by Gasteiger charge is 2.49. The van der Waals surface area contributed by atoms with E-state index >= 15 is 0 Å². The van der Waals surface area contributed by atoms with Crippen LogP contribution in [-0.2, 0) is 16.0 Å². The molecule has 1 saturated heterocycles. The highest BCUT2D eigenvalue weighted by atomic mass is 16.4. The number of nitrogens with zero attached hydrogens (tertiary/aromatic N) is 1. The van der Waals surface area contributed by atoms with Gasteiger partial charge < -0.3 is 5.11 Å². The van der Waals surface area contributed by atoms with Crippen LogP contribution in [0.5, 0.6) is 0 Å². The van der Waals surface area contributed by atoms with Crippen LogP contribution in [0.4, 0.5) is 0 Å². The number of carbonyl (C=O) groups is 3. The van der Waals surface area contributed by atoms with Crippen LogP contribution in [0.25, 0.3) is 0 Å². The molecule has 0 bridgehead atoms. The molecule has 0 radical (unpaired) electrons. The molecule has 0 spiro atoms. The Morgan fingerprint density at radius 2 is 1.67 bits per heavy atom. The van der Waals surface area contributed by atoms with E-state index in [-0.39, 0.29) is 29.2 Å². The second-order valence-electron chi connectivity index (χ2n) is 5.72. The van der Waals surface area contributed by atoms with Gasteiger partial charge in [-0.25, -0.2) is 4.79 Å². The van der Waals surface area contributed by atoms with E-state index in [2.05, 4.69) is 0 Å². The van der Waals surface area contributed by atoms with Crippen LogP contribution in [0.3, 0.4) is 0 Å². The zero-order valence-electron chi connectivity index (χ0n) is 11.6. The lowest BCUT2D eigenvalue weighted by Crippen LogP contribution is -2.33. The van der Waals surface area contributed by atoms with Gasteiger partial charge in [0.1, 0.15) is 0 Å². The van der Waals surface area contributed by atoms with Gasteiger partial charge in [-0.15, -0.1) is 0 Å². The number of amides is 2. The number of aromatic carboxylic acids is 1. The van der Waals surface area contributed by atoms with Crippen molar-refractivity contribution in [1.82, 2.24) is 4.90 Å². The highest BCUT2D eigenvalue weighted by molar-refractivity contribution is 6.05. The Morgan fingerprint density at radius 3 is 2.19 bits per heavy atom. The Balaban J connectivity index is 1.64. The van der Waals surface area contributed by atoms with E-state index in [1.807, 2.05) is 0 Å². The van der Waals surface area contributed by atoms with Crippen molar-refractivity contribution in [3.05, 3.63) is 35.4 Å². The molecule has 1 aromatic rings. The monoisotopic (exact) mass is 287 g/mol. The van der Waals surface area contributed by atoms with Crippen LogP contribution in [0, 0.1) is 11.8 Å². The molecule has 1 heterocycles. The van der Waals surface area contributed by atoms with Crippen LogP contribution in [0.1, 0.15) is 35.2 Å². The summed E-state index contributed by atoms with van der Waals surface area (Å²) in [6.45, 7) is 0.386. The number of benzene rings is 1. The maximum atomic E-state index is 12.2. The maximum Gasteiger partial charge on any atom is 0.335 e. The van der Waals surface area contributed by atoms with Crippen molar-refractivity contribution in [1.29, 1.82) is 0 Å². The average Bonchev–Trinajstić information content (AvgIpc) is 3.03. The number of rotatable bonds is 4. The molecule has 2 unspecified atom stereocenters. The lowest BCUT2D eigenvalue weighted by atomic mass is 10.00. The van der Waals surface area contributed by atoms with Crippen LogP contribution in [-0.4, -0.2) is 34.3 Å². The lowest BCUT2D eigenvalue weighted by molar-refractivity contribution is -0.140. The number of imide groups is 1. The largest absolute Gasteiger partial charge is 0.478 e. The van der Waals surface area contributed by atoms with Gasteiger partial charge in [-0.05, 0) is 37.0 Å². The Morgan fingerprint density at radius 1 is 1.10 bits per heavy atom. The number of carboxylic acid groups (broad SMARTS) is 1. The first-order valence-electron chi connectivity index (χ1n) is 7.25. The Hall–Kier alpha value is -2.17. The smallest absolute Gasteiger partial charge is 0.335 e. The molecule has 2 fully saturated rings. The summed E-state index contributed by atoms with van der Waals surface area (Å²) in [6.07, 6.45) is 3.20. The molecule has 3 rings (SSSR count). The van der Waals surface area contributed by atoms with Gasteiger partial charge in [0.15, 0.2) is 0 Å². The van der Waals surface area contributed by atoms with Crippen molar-refractivity contribution < 1.29 is 19.5 Å². The molecule has 1 aromatic carbocycles. The fourth-order valence-corrected chi connectivity index (χ4v) is 3.34. The molecule has 1 aliphatic heterocycles. The van der Waals surface area contributed by atoms with Crippen molar-refractivity contribution in [2.75, 3.05) is 6.54 Å². The van der Waals surface area contributed by atoms with E-state index in [4.69, 9.17) is 5.11 Å². The second-order valence-corrected chi connectivity index (χ2v) is 5.72. The molecule has 1 aliphatic carbocycles. The first-order valence-corrected chi connectivity index (χ1v) is 7.25. The Labute approximate surface area is 122 Å². The Bertz CT molecular complexity index is 571. The molecular weight excluding hydrogens is 270 g/mol. The molecule has 2 atom stereocenters. The van der Waals surface area contributed by atoms with Gasteiger partial charge in [0, 0.05) is 6.54 Å². The van der Waals surface area contributed by atoms with Gasteiger partial charge in [0.25, 0.3) is 0 Å². The molecule has 2 aliphatic rings. The van der Waals surface area contributed by atoms with Gasteiger partial charge >= 0.3 is 5.97 Å². The van der Waals surface area contributed by atoms with Crippen molar-refractivity contribution in [3.8, 4) is 0 Å². The predicted octanol–water partition coefficient (Wildman–Crippen LogP) is 1.71. The normalized spacial score (nSPS) is 24.5. The minimum atomic E-state index is -0.959. The SMILES string of the molecule is O=C(O)c1ccc(CCN2C(=O)C3CCCC3C2=O)cc1. The summed E-state index contributed by atoms with van der Waals surface area (Å²) in [6, 6.07) is 6.55. The summed E-state index contributed by atoms with van der Waals surface area (Å²) in [7, 11) is 0. The Kier molecular flexibility index (Phi) is 3.49. The minimum absolute atomic E-state index is 0.0235. The number of hydrogen-bond donors (Lipinski definition) is 1. The van der Waals surface area contributed by atoms with E-state index in [0.29, 0.717) is 13.0 Å². The van der Waals surface area contributed by atoms with Crippen molar-refractivity contribution >= 4 is 17.8 Å². The van der Waals surface area contributed by atoms with Crippen LogP contribution in [0.15, 0.2) is 24.3 Å². The summed E-state index contributed by atoms with van der Waals surface area (Å²) >= 11 is 0. The zero-order chi connectivity index (χ0) is 15.0. The third-order valence-electron chi connectivity index (χ3n) is 4.51. The third-order valence-corrected chi connectivity index (χ3v) is 4.51. The summed E-state index contributed by atoms with van der Waals surface area (Å²) < 4.78 is 0. The molecule has 110 valence electrons. The quantitative estimate of drug-likeness (QED) is 0.855. The highest BCUT2D eigenvalue weighted by Crippen LogP contribution is 2.39. The van der Waals surface area contributed by atoms with Crippen molar-refractivity contribution in [3.63, 3.8) is 0 Å². The molecule has 5 heteroatoms. The van der Waals surface area contributed by atoms with E-state index < -0.39 is 5.97 Å². The van der Waals surface area contributed by atoms with E-state index in [1.165, 1.54) is 4.90 Å². The number of likely N-dealkylation sites (tertiary alicyclic amines) is 1. The van der Waals surface area contributed by atoms with E-state index in [0.717, 1.165) is 24.8 Å². The molecular formula is C16H17NO4. The van der Waals surface area contributed by atoms with Gasteiger partial charge in [0.05, 0.1) is 17.4 Å². The molecule has 21 heavy (non-hydrogen) atoms. The standard InChI is InChI=1S/C16H17NO4/c18-14-12-2-1-3-13(12)15(19)17(14)9-8-10-4-6-11(7-5-10)16(20)21/h4-7,12-13H,1-3,8-9H2,(H,20,21). The first kappa shape index (κ1) is 13.8. The van der Waals surface area contributed by atoms with Gasteiger partial charge in [-0.3, -0.25) is 14.5 Å².